The van der Waals surface area contributed by atoms with E-state index in [-0.39, 0.29) is 0 Å². The molecule has 1 fully saturated rings. The molecule has 3 rings (SSSR count). The molecular formula is C16H22N4. The van der Waals surface area contributed by atoms with Crippen LogP contribution in [0.15, 0.2) is 30.5 Å². The van der Waals surface area contributed by atoms with E-state index in [0.717, 1.165) is 38.3 Å². The third kappa shape index (κ3) is 2.43. The molecule has 1 N–H and O–H groups in total. The van der Waals surface area contributed by atoms with Gasteiger partial charge in [-0.05, 0) is 31.0 Å². The summed E-state index contributed by atoms with van der Waals surface area (Å²) in [5.41, 5.74) is 5.01. The fourth-order valence-corrected chi connectivity index (χ4v) is 2.85. The lowest BCUT2D eigenvalue weighted by atomic mass is 10.2. The van der Waals surface area contributed by atoms with Gasteiger partial charge in [0, 0.05) is 26.2 Å². The second kappa shape index (κ2) is 5.67. The predicted molar refractivity (Wildman–Crippen MR) is 82.8 cm³/mol. The number of hydrogen-bond acceptors (Lipinski definition) is 3. The Bertz CT molecular complexity index is 582. The van der Waals surface area contributed by atoms with Gasteiger partial charge in [-0.1, -0.05) is 19.1 Å². The van der Waals surface area contributed by atoms with Crippen LogP contribution in [-0.4, -0.2) is 36.0 Å². The lowest BCUT2D eigenvalue weighted by Gasteiger charge is -2.29. The lowest BCUT2D eigenvalue weighted by molar-refractivity contribution is 0.587. The minimum atomic E-state index is 0.993. The average molecular weight is 270 g/mol. The first-order valence-electron chi connectivity index (χ1n) is 7.39. The quantitative estimate of drug-likeness (QED) is 0.928. The number of nitrogens with zero attached hydrogens (tertiary/aromatic N) is 3. The van der Waals surface area contributed by atoms with Gasteiger partial charge < -0.3 is 10.2 Å². The van der Waals surface area contributed by atoms with Crippen molar-refractivity contribution in [3.05, 3.63) is 41.7 Å². The Morgan fingerprint density at radius 1 is 1.25 bits per heavy atom. The standard InChI is InChI=1S/C16H22N4/c1-3-15-16(19-9-7-17-8-10-19)12-18-20(15)14-6-4-5-13(2)11-14/h4-6,11-12,17H,3,7-10H2,1-2H3. The third-order valence-corrected chi connectivity index (χ3v) is 3.89. The summed E-state index contributed by atoms with van der Waals surface area (Å²) in [6.07, 6.45) is 3.01. The molecule has 0 spiro atoms. The molecule has 4 heteroatoms. The van der Waals surface area contributed by atoms with Crippen molar-refractivity contribution >= 4 is 5.69 Å². The molecule has 1 aromatic heterocycles. The zero-order valence-corrected chi connectivity index (χ0v) is 12.3. The van der Waals surface area contributed by atoms with Crippen molar-refractivity contribution in [1.29, 1.82) is 0 Å². The van der Waals surface area contributed by atoms with E-state index < -0.39 is 0 Å². The highest BCUT2D eigenvalue weighted by Gasteiger charge is 2.18. The normalized spacial score (nSPS) is 15.6. The van der Waals surface area contributed by atoms with Gasteiger partial charge >= 0.3 is 0 Å². The summed E-state index contributed by atoms with van der Waals surface area (Å²) < 4.78 is 2.09. The summed E-state index contributed by atoms with van der Waals surface area (Å²) in [4.78, 5) is 2.44. The van der Waals surface area contributed by atoms with Gasteiger partial charge in [0.1, 0.15) is 0 Å². The van der Waals surface area contributed by atoms with Crippen molar-refractivity contribution in [1.82, 2.24) is 15.1 Å². The highest BCUT2D eigenvalue weighted by Crippen LogP contribution is 2.24. The van der Waals surface area contributed by atoms with Gasteiger partial charge in [-0.15, -0.1) is 0 Å². The molecule has 4 nitrogen and oxygen atoms in total. The molecule has 106 valence electrons. The fourth-order valence-electron chi connectivity index (χ4n) is 2.85. The monoisotopic (exact) mass is 270 g/mol. The van der Waals surface area contributed by atoms with Crippen molar-refractivity contribution < 1.29 is 0 Å². The van der Waals surface area contributed by atoms with Gasteiger partial charge in [0.15, 0.2) is 0 Å². The molecule has 0 radical (unpaired) electrons. The minimum Gasteiger partial charge on any atom is -0.366 e. The molecule has 1 aromatic carbocycles. The Morgan fingerprint density at radius 3 is 2.75 bits per heavy atom. The fraction of sp³-hybridized carbons (Fsp3) is 0.438. The first kappa shape index (κ1) is 13.2. The summed E-state index contributed by atoms with van der Waals surface area (Å²) in [5, 5.41) is 8.03. The Hall–Kier alpha value is -1.81. The van der Waals surface area contributed by atoms with Gasteiger partial charge in [0.25, 0.3) is 0 Å². The summed E-state index contributed by atoms with van der Waals surface area (Å²) in [6.45, 7) is 8.56. The summed E-state index contributed by atoms with van der Waals surface area (Å²) >= 11 is 0. The maximum absolute atomic E-state index is 4.63. The van der Waals surface area contributed by atoms with Crippen LogP contribution in [0.1, 0.15) is 18.2 Å². The maximum Gasteiger partial charge on any atom is 0.0790 e. The number of rotatable bonds is 3. The van der Waals surface area contributed by atoms with E-state index in [0.29, 0.717) is 0 Å². The lowest BCUT2D eigenvalue weighted by Crippen LogP contribution is -2.43. The third-order valence-electron chi connectivity index (χ3n) is 3.89. The van der Waals surface area contributed by atoms with Crippen molar-refractivity contribution in [2.24, 2.45) is 0 Å². The van der Waals surface area contributed by atoms with E-state index in [9.17, 15) is 0 Å². The SMILES string of the molecule is CCc1c(N2CCNCC2)cnn1-c1cccc(C)c1. The zero-order valence-electron chi connectivity index (χ0n) is 12.3. The second-order valence-electron chi connectivity index (χ2n) is 5.32. The number of aryl methyl sites for hydroxylation is 1. The number of nitrogens with one attached hydrogen (secondary N) is 1. The smallest absolute Gasteiger partial charge is 0.0790 e. The highest BCUT2D eigenvalue weighted by molar-refractivity contribution is 5.53. The average Bonchev–Trinajstić information content (AvgIpc) is 2.92. The molecule has 2 aromatic rings. The number of aromatic nitrogens is 2. The molecule has 1 aliphatic heterocycles. The maximum atomic E-state index is 4.63. The Labute approximate surface area is 120 Å². The van der Waals surface area contributed by atoms with Gasteiger partial charge in [-0.25, -0.2) is 4.68 Å². The molecule has 0 aliphatic carbocycles. The summed E-state index contributed by atoms with van der Waals surface area (Å²) in [7, 11) is 0. The van der Waals surface area contributed by atoms with Gasteiger partial charge in [-0.3, -0.25) is 0 Å². The van der Waals surface area contributed by atoms with E-state index in [1.54, 1.807) is 0 Å². The topological polar surface area (TPSA) is 33.1 Å². The molecule has 20 heavy (non-hydrogen) atoms. The van der Waals surface area contributed by atoms with Crippen molar-refractivity contribution in [2.75, 3.05) is 31.1 Å². The van der Waals surface area contributed by atoms with Crippen LogP contribution in [-0.2, 0) is 6.42 Å². The number of benzene rings is 1. The van der Waals surface area contributed by atoms with Crippen molar-refractivity contribution in [3.8, 4) is 5.69 Å². The Balaban J connectivity index is 1.98. The van der Waals surface area contributed by atoms with Crippen LogP contribution in [0.5, 0.6) is 0 Å². The Kier molecular flexibility index (Phi) is 3.74. The van der Waals surface area contributed by atoms with Crippen LogP contribution in [0.25, 0.3) is 5.69 Å². The largest absolute Gasteiger partial charge is 0.366 e. The molecule has 1 aliphatic rings. The van der Waals surface area contributed by atoms with Crippen LogP contribution < -0.4 is 10.2 Å². The zero-order chi connectivity index (χ0) is 13.9. The molecule has 0 atom stereocenters. The first-order chi connectivity index (χ1) is 9.79. The minimum absolute atomic E-state index is 0.993. The van der Waals surface area contributed by atoms with Crippen LogP contribution in [0.4, 0.5) is 5.69 Å². The van der Waals surface area contributed by atoms with Crippen molar-refractivity contribution in [3.63, 3.8) is 0 Å². The number of piperazine rings is 1. The van der Waals surface area contributed by atoms with Crippen LogP contribution in [0, 0.1) is 6.92 Å². The van der Waals surface area contributed by atoms with E-state index in [1.807, 2.05) is 6.20 Å². The van der Waals surface area contributed by atoms with Gasteiger partial charge in [0.2, 0.25) is 0 Å². The predicted octanol–water partition coefficient (Wildman–Crippen LogP) is 2.15. The van der Waals surface area contributed by atoms with Crippen LogP contribution >= 0.6 is 0 Å². The van der Waals surface area contributed by atoms with Gasteiger partial charge in [-0.2, -0.15) is 5.10 Å². The number of hydrogen-bond donors (Lipinski definition) is 1. The molecule has 0 amide bonds. The molecule has 0 bridgehead atoms. The van der Waals surface area contributed by atoms with Crippen molar-refractivity contribution in [2.45, 2.75) is 20.3 Å². The molecule has 2 heterocycles. The molecule has 1 saturated heterocycles. The van der Waals surface area contributed by atoms with E-state index in [1.165, 1.54) is 16.9 Å². The van der Waals surface area contributed by atoms with E-state index >= 15 is 0 Å². The highest BCUT2D eigenvalue weighted by atomic mass is 15.3. The summed E-state index contributed by atoms with van der Waals surface area (Å²) in [5.74, 6) is 0. The van der Waals surface area contributed by atoms with E-state index in [2.05, 4.69) is 58.1 Å². The van der Waals surface area contributed by atoms with E-state index in [4.69, 9.17) is 0 Å². The van der Waals surface area contributed by atoms with Gasteiger partial charge in [0.05, 0.1) is 23.3 Å². The number of anilines is 1. The molecule has 0 saturated carbocycles. The summed E-state index contributed by atoms with van der Waals surface area (Å²) in [6, 6.07) is 8.53. The molecule has 0 unspecified atom stereocenters. The van der Waals surface area contributed by atoms with Crippen LogP contribution in [0.3, 0.4) is 0 Å². The Morgan fingerprint density at radius 2 is 2.05 bits per heavy atom. The molecular weight excluding hydrogens is 248 g/mol. The second-order valence-corrected chi connectivity index (χ2v) is 5.32. The first-order valence-corrected chi connectivity index (χ1v) is 7.39. The van der Waals surface area contributed by atoms with Crippen LogP contribution in [0.2, 0.25) is 0 Å².